The molecule has 2 heterocycles. The summed E-state index contributed by atoms with van der Waals surface area (Å²) in [4.78, 5) is 18.5. The molecule has 0 saturated heterocycles. The average Bonchev–Trinajstić information content (AvgIpc) is 3.14. The Morgan fingerprint density at radius 3 is 2.93 bits per heavy atom. The minimum atomic E-state index is -0.538. The van der Waals surface area contributed by atoms with Crippen LogP contribution in [-0.2, 0) is 11.2 Å². The molecule has 3 aromatic rings. The second kappa shape index (κ2) is 9.75. The number of hydrogen-bond acceptors (Lipinski definition) is 6. The number of benzene rings is 1. The van der Waals surface area contributed by atoms with Crippen molar-refractivity contribution in [3.63, 3.8) is 0 Å². The molecule has 1 aromatic carbocycles. The number of imidazole rings is 1. The summed E-state index contributed by atoms with van der Waals surface area (Å²) in [6.45, 7) is 2.29. The van der Waals surface area contributed by atoms with Gasteiger partial charge in [-0.25, -0.2) is 19.4 Å². The van der Waals surface area contributed by atoms with E-state index < -0.39 is 5.82 Å². The van der Waals surface area contributed by atoms with E-state index >= 15 is 0 Å². The standard InChI is InChI=1S/C19H22ClFN6O2/c1-27(9-10-29-2)8-6-16-24-17-13(5-7-22-19(17)25-16)18(26-28)23-12-3-4-15(21)14(20)11-12/h3-5,7,11,28H,6,8-10H2,1-2H3,(H,23,26)(H,22,24,25). The van der Waals surface area contributed by atoms with E-state index in [-0.39, 0.29) is 10.9 Å². The molecule has 0 atom stereocenters. The summed E-state index contributed by atoms with van der Waals surface area (Å²) in [5.41, 5.74) is 4.20. The maximum Gasteiger partial charge on any atom is 0.178 e. The summed E-state index contributed by atoms with van der Waals surface area (Å²) < 4.78 is 18.5. The van der Waals surface area contributed by atoms with Crippen LogP contribution in [-0.4, -0.2) is 64.7 Å². The molecule has 0 aliphatic heterocycles. The van der Waals surface area contributed by atoms with E-state index in [2.05, 4.69) is 30.3 Å². The van der Waals surface area contributed by atoms with Crippen LogP contribution in [0.1, 0.15) is 11.4 Å². The number of likely N-dealkylation sites (N-methyl/N-ethyl adjacent to an activating group) is 1. The largest absolute Gasteiger partial charge is 0.383 e. The third-order valence-corrected chi connectivity index (χ3v) is 4.64. The molecule has 0 aliphatic rings. The number of amidine groups is 1. The van der Waals surface area contributed by atoms with Gasteiger partial charge in [0.2, 0.25) is 0 Å². The van der Waals surface area contributed by atoms with Crippen molar-refractivity contribution in [1.82, 2.24) is 25.3 Å². The van der Waals surface area contributed by atoms with Gasteiger partial charge in [0.1, 0.15) is 11.6 Å². The Hall–Kier alpha value is -2.59. The smallest absolute Gasteiger partial charge is 0.178 e. The van der Waals surface area contributed by atoms with E-state index in [9.17, 15) is 9.60 Å². The summed E-state index contributed by atoms with van der Waals surface area (Å²) in [5, 5.41) is 9.58. The number of aromatic nitrogens is 3. The van der Waals surface area contributed by atoms with Gasteiger partial charge in [0.15, 0.2) is 11.5 Å². The number of rotatable bonds is 8. The lowest BCUT2D eigenvalue weighted by Gasteiger charge is -2.14. The van der Waals surface area contributed by atoms with Crippen LogP contribution in [0.15, 0.2) is 35.5 Å². The van der Waals surface area contributed by atoms with Gasteiger partial charge in [0, 0.05) is 38.4 Å². The molecule has 0 radical (unpaired) electrons. The lowest BCUT2D eigenvalue weighted by Crippen LogP contribution is -2.25. The fourth-order valence-corrected chi connectivity index (χ4v) is 2.93. The molecular weight excluding hydrogens is 399 g/mol. The van der Waals surface area contributed by atoms with E-state index in [1.165, 1.54) is 18.2 Å². The van der Waals surface area contributed by atoms with Crippen LogP contribution in [0, 0.1) is 5.82 Å². The van der Waals surface area contributed by atoms with E-state index in [1.807, 2.05) is 7.05 Å². The molecule has 10 heteroatoms. The fraction of sp³-hybridized carbons (Fsp3) is 0.316. The molecule has 154 valence electrons. The van der Waals surface area contributed by atoms with Crippen molar-refractivity contribution in [3.8, 4) is 0 Å². The molecule has 3 N–H and O–H groups in total. The number of hydrogen-bond donors (Lipinski definition) is 3. The summed E-state index contributed by atoms with van der Waals surface area (Å²) in [6, 6.07) is 5.75. The lowest BCUT2D eigenvalue weighted by molar-refractivity contribution is 0.161. The maximum absolute atomic E-state index is 13.4. The first-order valence-electron chi connectivity index (χ1n) is 8.97. The van der Waals surface area contributed by atoms with Crippen molar-refractivity contribution < 1.29 is 14.3 Å². The minimum Gasteiger partial charge on any atom is -0.383 e. The van der Waals surface area contributed by atoms with E-state index in [0.29, 0.717) is 35.4 Å². The molecule has 3 rings (SSSR count). The number of halogens is 2. The number of H-pyrrole nitrogens is 1. The molecule has 8 nitrogen and oxygen atoms in total. The van der Waals surface area contributed by atoms with E-state index in [0.717, 1.165) is 18.9 Å². The zero-order valence-corrected chi connectivity index (χ0v) is 16.9. The molecule has 2 aromatic heterocycles. The van der Waals surface area contributed by atoms with Crippen LogP contribution in [0.2, 0.25) is 5.02 Å². The first kappa shape index (κ1) is 21.1. The predicted octanol–water partition coefficient (Wildman–Crippen LogP) is 2.93. The molecule has 0 spiro atoms. The molecule has 0 fully saturated rings. The zero-order valence-electron chi connectivity index (χ0n) is 16.1. The number of aromatic amines is 1. The molecule has 0 saturated carbocycles. The SMILES string of the molecule is COCCN(C)CCc1nc2nccc(C(=Nc3ccc(F)c(Cl)c3)NO)c2[nH]1. The van der Waals surface area contributed by atoms with E-state index in [4.69, 9.17) is 16.3 Å². The van der Waals surface area contributed by atoms with Gasteiger partial charge in [0.25, 0.3) is 0 Å². The van der Waals surface area contributed by atoms with Crippen molar-refractivity contribution in [2.24, 2.45) is 4.99 Å². The second-order valence-corrected chi connectivity index (χ2v) is 6.86. The van der Waals surface area contributed by atoms with Crippen molar-refractivity contribution >= 4 is 34.3 Å². The number of fused-ring (bicyclic) bond motifs is 1. The molecule has 0 bridgehead atoms. The van der Waals surface area contributed by atoms with Crippen LogP contribution < -0.4 is 5.48 Å². The number of ether oxygens (including phenoxy) is 1. The van der Waals surface area contributed by atoms with Gasteiger partial charge in [-0.2, -0.15) is 0 Å². The van der Waals surface area contributed by atoms with Gasteiger partial charge >= 0.3 is 0 Å². The number of nitrogens with zero attached hydrogens (tertiary/aromatic N) is 4. The van der Waals surface area contributed by atoms with Crippen molar-refractivity contribution in [2.45, 2.75) is 6.42 Å². The summed E-state index contributed by atoms with van der Waals surface area (Å²) in [7, 11) is 3.69. The maximum atomic E-state index is 13.4. The highest BCUT2D eigenvalue weighted by Crippen LogP contribution is 2.23. The Bertz CT molecular complexity index is 1010. The van der Waals surface area contributed by atoms with Crippen LogP contribution in [0.4, 0.5) is 10.1 Å². The highest BCUT2D eigenvalue weighted by atomic mass is 35.5. The number of pyridine rings is 1. The van der Waals surface area contributed by atoms with Crippen molar-refractivity contribution in [2.75, 3.05) is 33.9 Å². The van der Waals surface area contributed by atoms with Gasteiger partial charge < -0.3 is 14.6 Å². The Morgan fingerprint density at radius 1 is 1.38 bits per heavy atom. The second-order valence-electron chi connectivity index (χ2n) is 6.46. The van der Waals surface area contributed by atoms with Gasteiger partial charge in [-0.15, -0.1) is 0 Å². The van der Waals surface area contributed by atoms with Crippen LogP contribution in [0.5, 0.6) is 0 Å². The van der Waals surface area contributed by atoms with Gasteiger partial charge in [-0.1, -0.05) is 11.6 Å². The quantitative estimate of drug-likeness (QED) is 0.294. The third kappa shape index (κ3) is 5.27. The highest BCUT2D eigenvalue weighted by Gasteiger charge is 2.14. The fourth-order valence-electron chi connectivity index (χ4n) is 2.76. The number of hydroxylamine groups is 1. The Kier molecular flexibility index (Phi) is 7.10. The monoisotopic (exact) mass is 420 g/mol. The van der Waals surface area contributed by atoms with Crippen molar-refractivity contribution in [1.29, 1.82) is 0 Å². The van der Waals surface area contributed by atoms with Crippen LogP contribution in [0.3, 0.4) is 0 Å². The average molecular weight is 421 g/mol. The lowest BCUT2D eigenvalue weighted by atomic mass is 10.2. The predicted molar refractivity (Wildman–Crippen MR) is 109 cm³/mol. The Morgan fingerprint density at radius 2 is 2.21 bits per heavy atom. The Labute approximate surface area is 172 Å². The zero-order chi connectivity index (χ0) is 20.8. The summed E-state index contributed by atoms with van der Waals surface area (Å²) in [5.74, 6) is 0.392. The highest BCUT2D eigenvalue weighted by molar-refractivity contribution is 6.31. The molecule has 29 heavy (non-hydrogen) atoms. The van der Waals surface area contributed by atoms with E-state index in [1.54, 1.807) is 19.4 Å². The third-order valence-electron chi connectivity index (χ3n) is 4.35. The Balaban J connectivity index is 1.87. The molecule has 0 amide bonds. The first-order valence-corrected chi connectivity index (χ1v) is 9.35. The molecule has 0 unspecified atom stereocenters. The summed E-state index contributed by atoms with van der Waals surface area (Å²) in [6.07, 6.45) is 2.28. The van der Waals surface area contributed by atoms with Gasteiger partial charge in [-0.3, -0.25) is 10.7 Å². The first-order chi connectivity index (χ1) is 14.0. The topological polar surface area (TPSA) is 98.7 Å². The van der Waals surface area contributed by atoms with Crippen LogP contribution >= 0.6 is 11.6 Å². The van der Waals surface area contributed by atoms with Gasteiger partial charge in [-0.05, 0) is 31.3 Å². The minimum absolute atomic E-state index is 0.0511. The van der Waals surface area contributed by atoms with Crippen molar-refractivity contribution in [3.05, 3.63) is 52.7 Å². The number of nitrogens with one attached hydrogen (secondary N) is 2. The van der Waals surface area contributed by atoms with Gasteiger partial charge in [0.05, 0.1) is 22.8 Å². The van der Waals surface area contributed by atoms with Crippen LogP contribution in [0.25, 0.3) is 11.2 Å². The molecule has 0 aliphatic carbocycles. The number of methoxy groups -OCH3 is 1. The normalized spacial score (nSPS) is 12.1. The molecular formula is C19H22ClFN6O2. The summed E-state index contributed by atoms with van der Waals surface area (Å²) >= 11 is 5.81. The number of aliphatic imine (C=N–C) groups is 1.